The Hall–Kier alpha value is -0.570. The van der Waals surface area contributed by atoms with Crippen LogP contribution in [0.5, 0.6) is 0 Å². The molecular formula is C11H21NO2. The van der Waals surface area contributed by atoms with Crippen LogP contribution < -0.4 is 5.73 Å². The molecule has 3 aliphatic carbocycles. The number of nitrogens with two attached hydrogens (primary N) is 1. The number of rotatable bonds is 1. The smallest absolute Gasteiger partial charge is 0.311 e. The van der Waals surface area contributed by atoms with Gasteiger partial charge in [-0.05, 0) is 38.5 Å². The molecule has 3 nitrogen and oxygen atoms in total. The average molecular weight is 199 g/mol. The number of fused-ring (bicyclic) bond motifs is 3. The molecule has 0 aliphatic heterocycles. The van der Waals surface area contributed by atoms with Gasteiger partial charge in [-0.2, -0.15) is 0 Å². The van der Waals surface area contributed by atoms with Crippen LogP contribution in [0.1, 0.15) is 46.0 Å². The Morgan fingerprint density at radius 1 is 1.14 bits per heavy atom. The average Bonchev–Trinajstić information content (AvgIpc) is 2.18. The number of hydrogen-bond acceptors (Lipinski definition) is 3. The summed E-state index contributed by atoms with van der Waals surface area (Å²) in [6.45, 7) is 0. The van der Waals surface area contributed by atoms with Crippen LogP contribution in [0.15, 0.2) is 0 Å². The van der Waals surface area contributed by atoms with Crippen molar-refractivity contribution in [3.8, 4) is 0 Å². The van der Waals surface area contributed by atoms with Gasteiger partial charge in [0.15, 0.2) is 0 Å². The van der Waals surface area contributed by atoms with Crippen molar-refractivity contribution in [2.45, 2.75) is 51.5 Å². The summed E-state index contributed by atoms with van der Waals surface area (Å²) in [6.07, 6.45) is 5.74. The molecule has 0 unspecified atom stereocenters. The van der Waals surface area contributed by atoms with E-state index in [0.29, 0.717) is 0 Å². The van der Waals surface area contributed by atoms with Gasteiger partial charge >= 0.3 is 5.97 Å². The number of carbonyl (C=O) groups excluding carboxylic acids is 1. The van der Waals surface area contributed by atoms with Crippen LogP contribution in [0, 0.1) is 5.41 Å². The highest BCUT2D eigenvalue weighted by atomic mass is 16.5. The molecule has 3 saturated carbocycles. The SMILES string of the molecule is C.COC(=O)C12CCC(N)(CC1)CC2. The van der Waals surface area contributed by atoms with Crippen LogP contribution in [0.2, 0.25) is 0 Å². The summed E-state index contributed by atoms with van der Waals surface area (Å²) in [5, 5.41) is 0. The third kappa shape index (κ3) is 1.54. The molecular weight excluding hydrogens is 178 g/mol. The number of hydrogen-bond donors (Lipinski definition) is 1. The second-order valence-electron chi connectivity index (χ2n) is 4.63. The number of esters is 1. The minimum absolute atomic E-state index is 0. The first-order valence-electron chi connectivity index (χ1n) is 4.98. The number of ether oxygens (including phenoxy) is 1. The molecule has 3 fully saturated rings. The van der Waals surface area contributed by atoms with Crippen LogP contribution in [-0.2, 0) is 9.53 Å². The summed E-state index contributed by atoms with van der Waals surface area (Å²) in [7, 11) is 1.48. The summed E-state index contributed by atoms with van der Waals surface area (Å²) < 4.78 is 4.86. The molecule has 3 heteroatoms. The molecule has 0 atom stereocenters. The summed E-state index contributed by atoms with van der Waals surface area (Å²) in [6, 6.07) is 0. The first-order valence-corrected chi connectivity index (χ1v) is 4.98. The predicted octanol–water partition coefficient (Wildman–Crippen LogP) is 1.85. The van der Waals surface area contributed by atoms with Gasteiger partial charge in [-0.3, -0.25) is 4.79 Å². The summed E-state index contributed by atoms with van der Waals surface area (Å²) >= 11 is 0. The number of methoxy groups -OCH3 is 1. The number of carbonyl (C=O) groups is 1. The van der Waals surface area contributed by atoms with Crippen molar-refractivity contribution in [1.29, 1.82) is 0 Å². The molecule has 3 rings (SSSR count). The van der Waals surface area contributed by atoms with Gasteiger partial charge in [-0.25, -0.2) is 0 Å². The fraction of sp³-hybridized carbons (Fsp3) is 0.909. The van der Waals surface area contributed by atoms with Crippen LogP contribution in [0.4, 0.5) is 0 Å². The Morgan fingerprint density at radius 3 is 1.93 bits per heavy atom. The quantitative estimate of drug-likeness (QED) is 0.656. The third-order valence-electron chi connectivity index (χ3n) is 3.92. The van der Waals surface area contributed by atoms with E-state index in [2.05, 4.69) is 0 Å². The van der Waals surface area contributed by atoms with Crippen LogP contribution in [0.25, 0.3) is 0 Å². The molecule has 0 radical (unpaired) electrons. The standard InChI is InChI=1S/C10H17NO2.CH4/c1-13-8(12)9-2-5-10(11,6-3-9)7-4-9;/h2-7,11H2,1H3;1H4. The zero-order chi connectivity index (χ0) is 9.53. The second kappa shape index (κ2) is 3.54. The Balaban J connectivity index is 0.000000980. The highest BCUT2D eigenvalue weighted by Crippen LogP contribution is 2.51. The summed E-state index contributed by atoms with van der Waals surface area (Å²) in [5.74, 6) is -0.0192. The molecule has 0 saturated heterocycles. The van der Waals surface area contributed by atoms with Crippen molar-refractivity contribution < 1.29 is 9.53 Å². The molecule has 14 heavy (non-hydrogen) atoms. The van der Waals surface area contributed by atoms with E-state index in [4.69, 9.17) is 10.5 Å². The first kappa shape index (κ1) is 11.5. The minimum Gasteiger partial charge on any atom is -0.469 e. The van der Waals surface area contributed by atoms with Crippen molar-refractivity contribution in [1.82, 2.24) is 0 Å². The normalized spacial score (nSPS) is 40.1. The van der Waals surface area contributed by atoms with E-state index in [1.54, 1.807) is 0 Å². The molecule has 0 aromatic rings. The Labute approximate surface area is 86.0 Å². The zero-order valence-electron chi connectivity index (χ0n) is 8.14. The summed E-state index contributed by atoms with van der Waals surface area (Å²) in [4.78, 5) is 11.6. The zero-order valence-corrected chi connectivity index (χ0v) is 8.14. The molecule has 2 N–H and O–H groups in total. The van der Waals surface area contributed by atoms with Crippen molar-refractivity contribution in [2.75, 3.05) is 7.11 Å². The van der Waals surface area contributed by atoms with E-state index in [9.17, 15) is 4.79 Å². The lowest BCUT2D eigenvalue weighted by atomic mass is 9.57. The fourth-order valence-electron chi connectivity index (χ4n) is 2.74. The lowest BCUT2D eigenvalue weighted by molar-refractivity contribution is -0.159. The van der Waals surface area contributed by atoms with Crippen molar-refractivity contribution >= 4 is 5.97 Å². The van der Waals surface area contributed by atoms with E-state index >= 15 is 0 Å². The Kier molecular flexibility index (Phi) is 2.91. The predicted molar refractivity (Wildman–Crippen MR) is 55.8 cm³/mol. The maximum atomic E-state index is 11.6. The van der Waals surface area contributed by atoms with Gasteiger partial charge in [-0.1, -0.05) is 7.43 Å². The van der Waals surface area contributed by atoms with E-state index < -0.39 is 0 Å². The molecule has 3 aliphatic rings. The van der Waals surface area contributed by atoms with Gasteiger partial charge in [0.2, 0.25) is 0 Å². The minimum atomic E-state index is -0.171. The lowest BCUT2D eigenvalue weighted by Crippen LogP contribution is -2.54. The van der Waals surface area contributed by atoms with Crippen LogP contribution in [0.3, 0.4) is 0 Å². The molecule has 82 valence electrons. The van der Waals surface area contributed by atoms with Crippen LogP contribution >= 0.6 is 0 Å². The van der Waals surface area contributed by atoms with Crippen molar-refractivity contribution in [2.24, 2.45) is 11.1 Å². The van der Waals surface area contributed by atoms with E-state index in [1.807, 2.05) is 0 Å². The molecule has 0 spiro atoms. The highest BCUT2D eigenvalue weighted by molar-refractivity contribution is 5.77. The van der Waals surface area contributed by atoms with Gasteiger partial charge < -0.3 is 10.5 Å². The first-order chi connectivity index (χ1) is 6.10. The largest absolute Gasteiger partial charge is 0.469 e. The van der Waals surface area contributed by atoms with Gasteiger partial charge in [0.05, 0.1) is 12.5 Å². The van der Waals surface area contributed by atoms with Crippen molar-refractivity contribution in [3.05, 3.63) is 0 Å². The van der Waals surface area contributed by atoms with Gasteiger partial charge in [0.1, 0.15) is 0 Å². The van der Waals surface area contributed by atoms with Crippen molar-refractivity contribution in [3.63, 3.8) is 0 Å². The highest BCUT2D eigenvalue weighted by Gasteiger charge is 2.51. The molecule has 0 heterocycles. The van der Waals surface area contributed by atoms with Gasteiger partial charge in [0.25, 0.3) is 0 Å². The summed E-state index contributed by atoms with van der Waals surface area (Å²) in [5.41, 5.74) is 6.01. The second-order valence-corrected chi connectivity index (χ2v) is 4.63. The molecule has 0 aromatic carbocycles. The van der Waals surface area contributed by atoms with Gasteiger partial charge in [0, 0.05) is 5.54 Å². The maximum absolute atomic E-state index is 11.6. The lowest BCUT2D eigenvalue weighted by Gasteiger charge is -2.49. The Morgan fingerprint density at radius 2 is 1.57 bits per heavy atom. The van der Waals surface area contributed by atoms with E-state index in [1.165, 1.54) is 7.11 Å². The van der Waals surface area contributed by atoms with E-state index in [-0.39, 0.29) is 24.3 Å². The maximum Gasteiger partial charge on any atom is 0.311 e. The van der Waals surface area contributed by atoms with Crippen LogP contribution in [-0.4, -0.2) is 18.6 Å². The topological polar surface area (TPSA) is 52.3 Å². The molecule has 0 aromatic heterocycles. The Bertz CT molecular complexity index is 213. The molecule has 2 bridgehead atoms. The third-order valence-corrected chi connectivity index (χ3v) is 3.92. The van der Waals surface area contributed by atoms with E-state index in [0.717, 1.165) is 38.5 Å². The monoisotopic (exact) mass is 199 g/mol. The van der Waals surface area contributed by atoms with Gasteiger partial charge in [-0.15, -0.1) is 0 Å². The molecule has 0 amide bonds. The fourth-order valence-corrected chi connectivity index (χ4v) is 2.74.